The van der Waals surface area contributed by atoms with Crippen molar-refractivity contribution in [3.05, 3.63) is 23.8 Å². The van der Waals surface area contributed by atoms with E-state index < -0.39 is 0 Å². The zero-order chi connectivity index (χ0) is 7.40. The quantitative estimate of drug-likeness (QED) is 0.590. The summed E-state index contributed by atoms with van der Waals surface area (Å²) in [5.41, 5.74) is 2.43. The first-order valence-electron chi connectivity index (χ1n) is 3.22. The molecule has 0 saturated heterocycles. The van der Waals surface area contributed by atoms with Gasteiger partial charge < -0.3 is 0 Å². The fourth-order valence-corrected chi connectivity index (χ4v) is 1.45. The lowest BCUT2D eigenvalue weighted by Crippen LogP contribution is -1.93. The lowest BCUT2D eigenvalue weighted by atomic mass is 10.2. The molecular weight excluding hydrogens is 239 g/mol. The highest BCUT2D eigenvalue weighted by Crippen LogP contribution is 2.08. The third kappa shape index (κ3) is 1.65. The van der Waals surface area contributed by atoms with Gasteiger partial charge in [0, 0.05) is 21.9 Å². The Bertz CT molecular complexity index is 190. The molecule has 0 aliphatic heterocycles. The molecule has 3 heteroatoms. The maximum absolute atomic E-state index is 4.15. The lowest BCUT2D eigenvalue weighted by Gasteiger charge is -1.99. The molecule has 2 nitrogen and oxygen atoms in total. The van der Waals surface area contributed by atoms with E-state index in [2.05, 4.69) is 39.5 Å². The highest BCUT2D eigenvalue weighted by atomic mass is 127. The second kappa shape index (κ2) is 3.85. The maximum atomic E-state index is 4.15. The summed E-state index contributed by atoms with van der Waals surface area (Å²) < 4.78 is 1.00. The number of hydrogen-bond donors (Lipinski definition) is 0. The smallest absolute Gasteiger partial charge is 0.115 e. The van der Waals surface area contributed by atoms with E-state index in [0.29, 0.717) is 0 Å². The van der Waals surface area contributed by atoms with Crippen molar-refractivity contribution in [3.8, 4) is 0 Å². The molecular formula is C7H9IN2. The van der Waals surface area contributed by atoms with Gasteiger partial charge in [-0.25, -0.2) is 9.97 Å². The van der Waals surface area contributed by atoms with Gasteiger partial charge in [-0.2, -0.15) is 0 Å². The predicted molar refractivity (Wildman–Crippen MR) is 49.1 cm³/mol. The maximum Gasteiger partial charge on any atom is 0.115 e. The number of aryl methyl sites for hydroxylation is 1. The third-order valence-electron chi connectivity index (χ3n) is 1.36. The second-order valence-electron chi connectivity index (χ2n) is 1.98. The van der Waals surface area contributed by atoms with Crippen molar-refractivity contribution in [1.29, 1.82) is 0 Å². The molecule has 1 aromatic heterocycles. The summed E-state index contributed by atoms with van der Waals surface area (Å²) in [7, 11) is 0. The minimum atomic E-state index is 1.00. The molecule has 0 radical (unpaired) electrons. The molecule has 0 aliphatic carbocycles. The normalized spacial score (nSPS) is 9.80. The van der Waals surface area contributed by atoms with E-state index in [1.54, 1.807) is 6.33 Å². The topological polar surface area (TPSA) is 25.8 Å². The summed E-state index contributed by atoms with van der Waals surface area (Å²) in [5.74, 6) is 0. The van der Waals surface area contributed by atoms with Gasteiger partial charge in [0.05, 0.1) is 0 Å². The van der Waals surface area contributed by atoms with Crippen LogP contribution in [-0.4, -0.2) is 9.97 Å². The molecule has 0 spiro atoms. The Hall–Kier alpha value is -0.190. The van der Waals surface area contributed by atoms with Crippen LogP contribution in [0.1, 0.15) is 18.2 Å². The summed E-state index contributed by atoms with van der Waals surface area (Å²) in [6, 6.07) is 0. The average Bonchev–Trinajstić information content (AvgIpc) is 2.04. The van der Waals surface area contributed by atoms with Crippen molar-refractivity contribution >= 4 is 22.6 Å². The van der Waals surface area contributed by atoms with Crippen molar-refractivity contribution in [3.63, 3.8) is 0 Å². The molecule has 0 aliphatic rings. The number of rotatable bonds is 2. The van der Waals surface area contributed by atoms with E-state index in [4.69, 9.17) is 0 Å². The molecule has 0 aromatic carbocycles. The van der Waals surface area contributed by atoms with Gasteiger partial charge in [0.1, 0.15) is 6.33 Å². The molecule has 0 unspecified atom stereocenters. The van der Waals surface area contributed by atoms with Crippen LogP contribution in [0.25, 0.3) is 0 Å². The molecule has 0 N–H and O–H groups in total. The lowest BCUT2D eigenvalue weighted by molar-refractivity contribution is 0.968. The van der Waals surface area contributed by atoms with Gasteiger partial charge in [0.25, 0.3) is 0 Å². The van der Waals surface area contributed by atoms with Crippen LogP contribution in [0, 0.1) is 0 Å². The monoisotopic (exact) mass is 248 g/mol. The first-order chi connectivity index (χ1) is 4.88. The molecule has 0 bridgehead atoms. The Morgan fingerprint density at radius 3 is 2.90 bits per heavy atom. The van der Waals surface area contributed by atoms with E-state index in [1.165, 1.54) is 11.3 Å². The van der Waals surface area contributed by atoms with Crippen molar-refractivity contribution in [1.82, 2.24) is 9.97 Å². The summed E-state index contributed by atoms with van der Waals surface area (Å²) in [4.78, 5) is 8.10. The molecule has 54 valence electrons. The van der Waals surface area contributed by atoms with E-state index in [9.17, 15) is 0 Å². The largest absolute Gasteiger partial charge is 0.244 e. The average molecular weight is 248 g/mol. The van der Waals surface area contributed by atoms with Crippen LogP contribution in [0.5, 0.6) is 0 Å². The van der Waals surface area contributed by atoms with Crippen LogP contribution in [-0.2, 0) is 10.8 Å². The van der Waals surface area contributed by atoms with Crippen LogP contribution in [0.4, 0.5) is 0 Å². The minimum absolute atomic E-state index is 1.00. The Kier molecular flexibility index (Phi) is 3.05. The number of nitrogens with zero attached hydrogens (tertiary/aromatic N) is 2. The van der Waals surface area contributed by atoms with Crippen LogP contribution < -0.4 is 0 Å². The van der Waals surface area contributed by atoms with Gasteiger partial charge in [0.15, 0.2) is 0 Å². The SMILES string of the molecule is CCc1ncncc1CI. The summed E-state index contributed by atoms with van der Waals surface area (Å²) in [5, 5.41) is 0. The summed E-state index contributed by atoms with van der Waals surface area (Å²) in [6.45, 7) is 2.11. The minimum Gasteiger partial charge on any atom is -0.244 e. The third-order valence-corrected chi connectivity index (χ3v) is 2.18. The molecule has 0 atom stereocenters. The fraction of sp³-hybridized carbons (Fsp3) is 0.429. The predicted octanol–water partition coefficient (Wildman–Crippen LogP) is 1.97. The van der Waals surface area contributed by atoms with E-state index >= 15 is 0 Å². The highest BCUT2D eigenvalue weighted by molar-refractivity contribution is 14.1. The van der Waals surface area contributed by atoms with Crippen LogP contribution in [0.2, 0.25) is 0 Å². The molecule has 1 rings (SSSR count). The molecule has 10 heavy (non-hydrogen) atoms. The molecule has 1 aromatic rings. The standard InChI is InChI=1S/C7H9IN2/c1-2-7-6(3-8)4-9-5-10-7/h4-5H,2-3H2,1H3. The van der Waals surface area contributed by atoms with E-state index in [1.807, 2.05) is 6.20 Å². The zero-order valence-corrected chi connectivity index (χ0v) is 8.00. The number of alkyl halides is 1. The van der Waals surface area contributed by atoms with Crippen molar-refractivity contribution in [2.45, 2.75) is 17.8 Å². The van der Waals surface area contributed by atoms with Gasteiger partial charge >= 0.3 is 0 Å². The number of aromatic nitrogens is 2. The summed E-state index contributed by atoms with van der Waals surface area (Å²) in [6.07, 6.45) is 4.49. The van der Waals surface area contributed by atoms with E-state index in [0.717, 1.165) is 10.8 Å². The van der Waals surface area contributed by atoms with Gasteiger partial charge in [-0.15, -0.1) is 0 Å². The molecule has 0 saturated carbocycles. The van der Waals surface area contributed by atoms with Crippen LogP contribution in [0.15, 0.2) is 12.5 Å². The molecule has 1 heterocycles. The molecule has 0 amide bonds. The Morgan fingerprint density at radius 2 is 2.40 bits per heavy atom. The zero-order valence-electron chi connectivity index (χ0n) is 5.84. The summed E-state index contributed by atoms with van der Waals surface area (Å²) >= 11 is 2.32. The first kappa shape index (κ1) is 7.91. The first-order valence-corrected chi connectivity index (χ1v) is 4.74. The Morgan fingerprint density at radius 1 is 1.60 bits per heavy atom. The van der Waals surface area contributed by atoms with Crippen molar-refractivity contribution < 1.29 is 0 Å². The fourth-order valence-electron chi connectivity index (χ4n) is 0.814. The van der Waals surface area contributed by atoms with E-state index in [-0.39, 0.29) is 0 Å². The van der Waals surface area contributed by atoms with Crippen LogP contribution >= 0.6 is 22.6 Å². The Labute approximate surface area is 74.2 Å². The van der Waals surface area contributed by atoms with Gasteiger partial charge in [0.2, 0.25) is 0 Å². The second-order valence-corrected chi connectivity index (χ2v) is 2.74. The molecule has 0 fully saturated rings. The van der Waals surface area contributed by atoms with Gasteiger partial charge in [-0.05, 0) is 6.42 Å². The number of halogens is 1. The Balaban J connectivity index is 2.96. The van der Waals surface area contributed by atoms with Gasteiger partial charge in [-0.1, -0.05) is 29.5 Å². The highest BCUT2D eigenvalue weighted by Gasteiger charge is 1.97. The van der Waals surface area contributed by atoms with Gasteiger partial charge in [-0.3, -0.25) is 0 Å². The van der Waals surface area contributed by atoms with Crippen molar-refractivity contribution in [2.75, 3.05) is 0 Å². The van der Waals surface area contributed by atoms with Crippen LogP contribution in [0.3, 0.4) is 0 Å². The van der Waals surface area contributed by atoms with Crippen molar-refractivity contribution in [2.24, 2.45) is 0 Å². The number of hydrogen-bond acceptors (Lipinski definition) is 2.